The lowest BCUT2D eigenvalue weighted by Gasteiger charge is -2.06. The molecule has 0 aromatic heterocycles. The summed E-state index contributed by atoms with van der Waals surface area (Å²) >= 11 is 10.7. The second kappa shape index (κ2) is 5.95. The Morgan fingerprint density at radius 2 is 2.00 bits per heavy atom. The van der Waals surface area contributed by atoms with Gasteiger partial charge in [-0.25, -0.2) is 4.39 Å². The third-order valence-corrected chi connectivity index (χ3v) is 4.29. The van der Waals surface area contributed by atoms with Crippen LogP contribution in [0, 0.1) is 5.82 Å². The SMILES string of the molecule is Nc1cc(Br)ccc1SCc1ccc(F)c(Cl)c1. The molecule has 2 aromatic carbocycles. The van der Waals surface area contributed by atoms with E-state index in [1.807, 2.05) is 18.2 Å². The van der Waals surface area contributed by atoms with E-state index in [4.69, 9.17) is 17.3 Å². The molecule has 0 atom stereocenters. The van der Waals surface area contributed by atoms with Crippen molar-refractivity contribution in [1.29, 1.82) is 0 Å². The van der Waals surface area contributed by atoms with Crippen molar-refractivity contribution in [1.82, 2.24) is 0 Å². The Hall–Kier alpha value is -0.710. The Balaban J connectivity index is 2.09. The highest BCUT2D eigenvalue weighted by molar-refractivity contribution is 9.10. The van der Waals surface area contributed by atoms with Gasteiger partial charge in [0, 0.05) is 20.8 Å². The van der Waals surface area contributed by atoms with Crippen LogP contribution >= 0.6 is 39.3 Å². The molecular formula is C13H10BrClFNS. The monoisotopic (exact) mass is 345 g/mol. The first-order valence-electron chi connectivity index (χ1n) is 5.18. The summed E-state index contributed by atoms with van der Waals surface area (Å²) in [7, 11) is 0. The van der Waals surface area contributed by atoms with Gasteiger partial charge >= 0.3 is 0 Å². The first kappa shape index (κ1) is 13.7. The molecule has 2 N–H and O–H groups in total. The van der Waals surface area contributed by atoms with Gasteiger partial charge in [-0.3, -0.25) is 0 Å². The Bertz CT molecular complexity index is 577. The highest BCUT2D eigenvalue weighted by atomic mass is 79.9. The van der Waals surface area contributed by atoms with Crippen LogP contribution in [0.3, 0.4) is 0 Å². The summed E-state index contributed by atoms with van der Waals surface area (Å²) in [6.07, 6.45) is 0. The maximum Gasteiger partial charge on any atom is 0.141 e. The van der Waals surface area contributed by atoms with Gasteiger partial charge in [0.2, 0.25) is 0 Å². The fraction of sp³-hybridized carbons (Fsp3) is 0.0769. The van der Waals surface area contributed by atoms with E-state index >= 15 is 0 Å². The molecule has 1 nitrogen and oxygen atoms in total. The van der Waals surface area contributed by atoms with Crippen molar-refractivity contribution < 1.29 is 4.39 Å². The second-order valence-corrected chi connectivity index (χ2v) is 6.06. The minimum atomic E-state index is -0.395. The lowest BCUT2D eigenvalue weighted by molar-refractivity contribution is 0.628. The molecule has 2 rings (SSSR count). The number of benzene rings is 2. The normalized spacial score (nSPS) is 10.6. The molecule has 94 valence electrons. The van der Waals surface area contributed by atoms with Gasteiger partial charge in [-0.1, -0.05) is 33.6 Å². The zero-order valence-electron chi connectivity index (χ0n) is 9.29. The smallest absolute Gasteiger partial charge is 0.141 e. The average molecular weight is 347 g/mol. The first-order chi connectivity index (χ1) is 8.56. The topological polar surface area (TPSA) is 26.0 Å². The summed E-state index contributed by atoms with van der Waals surface area (Å²) in [5.41, 5.74) is 7.59. The van der Waals surface area contributed by atoms with Crippen LogP contribution in [0.2, 0.25) is 5.02 Å². The fourth-order valence-electron chi connectivity index (χ4n) is 1.44. The van der Waals surface area contributed by atoms with Crippen molar-refractivity contribution in [2.24, 2.45) is 0 Å². The third-order valence-electron chi connectivity index (χ3n) is 2.35. The van der Waals surface area contributed by atoms with Gasteiger partial charge in [0.05, 0.1) is 5.02 Å². The van der Waals surface area contributed by atoms with Crippen LogP contribution in [0.25, 0.3) is 0 Å². The van der Waals surface area contributed by atoms with Crippen molar-refractivity contribution in [2.75, 3.05) is 5.73 Å². The maximum absolute atomic E-state index is 13.0. The van der Waals surface area contributed by atoms with E-state index in [9.17, 15) is 4.39 Å². The minimum absolute atomic E-state index is 0.150. The summed E-state index contributed by atoms with van der Waals surface area (Å²) in [6.45, 7) is 0. The van der Waals surface area contributed by atoms with Gasteiger partial charge in [0.25, 0.3) is 0 Å². The molecule has 0 saturated heterocycles. The standard InChI is InChI=1S/C13H10BrClFNS/c14-9-2-4-13(12(17)6-9)18-7-8-1-3-11(16)10(15)5-8/h1-6H,7,17H2. The molecule has 5 heteroatoms. The predicted octanol–water partition coefficient (Wildman–Crippen LogP) is 5.12. The third kappa shape index (κ3) is 3.40. The highest BCUT2D eigenvalue weighted by Crippen LogP contribution is 2.31. The number of rotatable bonds is 3. The van der Waals surface area contributed by atoms with Gasteiger partial charge in [-0.15, -0.1) is 11.8 Å². The number of nitrogens with two attached hydrogens (primary N) is 1. The molecule has 0 bridgehead atoms. The number of nitrogen functional groups attached to an aromatic ring is 1. The summed E-state index contributed by atoms with van der Waals surface area (Å²) in [5.74, 6) is 0.305. The molecule has 0 spiro atoms. The molecule has 0 amide bonds. The van der Waals surface area contributed by atoms with E-state index in [-0.39, 0.29) is 5.02 Å². The summed E-state index contributed by atoms with van der Waals surface area (Å²) in [6, 6.07) is 10.5. The number of hydrogen-bond acceptors (Lipinski definition) is 2. The van der Waals surface area contributed by atoms with Crippen molar-refractivity contribution in [2.45, 2.75) is 10.6 Å². The predicted molar refractivity (Wildman–Crippen MR) is 79.5 cm³/mol. The molecule has 18 heavy (non-hydrogen) atoms. The number of halogens is 3. The van der Waals surface area contributed by atoms with Crippen molar-refractivity contribution in [3.8, 4) is 0 Å². The Kier molecular flexibility index (Phi) is 4.54. The van der Waals surface area contributed by atoms with Crippen molar-refractivity contribution in [3.63, 3.8) is 0 Å². The number of hydrogen-bond donors (Lipinski definition) is 1. The molecule has 0 aliphatic rings. The van der Waals surface area contributed by atoms with E-state index in [2.05, 4.69) is 15.9 Å². The Morgan fingerprint density at radius 3 is 2.67 bits per heavy atom. The number of anilines is 1. The first-order valence-corrected chi connectivity index (χ1v) is 7.33. The molecule has 0 radical (unpaired) electrons. The highest BCUT2D eigenvalue weighted by Gasteiger charge is 2.04. The van der Waals surface area contributed by atoms with Crippen molar-refractivity contribution >= 4 is 45.0 Å². The largest absolute Gasteiger partial charge is 0.398 e. The number of thioether (sulfide) groups is 1. The molecule has 0 aliphatic heterocycles. The Morgan fingerprint density at radius 1 is 1.22 bits per heavy atom. The Labute approximate surface area is 123 Å². The van der Waals surface area contributed by atoms with Crippen LogP contribution < -0.4 is 5.73 Å². The summed E-state index contributed by atoms with van der Waals surface area (Å²) in [5, 5.41) is 0.150. The van der Waals surface area contributed by atoms with Crippen LogP contribution in [0.4, 0.5) is 10.1 Å². The zero-order chi connectivity index (χ0) is 13.1. The lowest BCUT2D eigenvalue weighted by atomic mass is 10.2. The minimum Gasteiger partial charge on any atom is -0.398 e. The lowest BCUT2D eigenvalue weighted by Crippen LogP contribution is -1.89. The molecule has 0 fully saturated rings. The maximum atomic E-state index is 13.0. The van der Waals surface area contributed by atoms with Crippen LogP contribution in [-0.2, 0) is 5.75 Å². The molecule has 0 unspecified atom stereocenters. The molecule has 0 aliphatic carbocycles. The van der Waals surface area contributed by atoms with E-state index in [0.29, 0.717) is 5.75 Å². The molecular weight excluding hydrogens is 337 g/mol. The molecule has 0 heterocycles. The summed E-state index contributed by atoms with van der Waals surface area (Å²) < 4.78 is 14.0. The van der Waals surface area contributed by atoms with Crippen LogP contribution in [0.15, 0.2) is 45.8 Å². The van der Waals surface area contributed by atoms with Gasteiger partial charge in [-0.05, 0) is 35.9 Å². The van der Waals surface area contributed by atoms with Crippen LogP contribution in [-0.4, -0.2) is 0 Å². The van der Waals surface area contributed by atoms with Gasteiger partial charge in [0.1, 0.15) is 5.82 Å². The van der Waals surface area contributed by atoms with E-state index < -0.39 is 5.82 Å². The van der Waals surface area contributed by atoms with Gasteiger partial charge in [0.15, 0.2) is 0 Å². The van der Waals surface area contributed by atoms with Gasteiger partial charge in [-0.2, -0.15) is 0 Å². The summed E-state index contributed by atoms with van der Waals surface area (Å²) in [4.78, 5) is 0.999. The fourth-order valence-corrected chi connectivity index (χ4v) is 2.91. The van der Waals surface area contributed by atoms with Gasteiger partial charge < -0.3 is 5.73 Å². The second-order valence-electron chi connectivity index (χ2n) is 3.72. The van der Waals surface area contributed by atoms with E-state index in [1.165, 1.54) is 6.07 Å². The average Bonchev–Trinajstić information content (AvgIpc) is 2.32. The molecule has 0 saturated carbocycles. The van der Waals surface area contributed by atoms with Crippen LogP contribution in [0.5, 0.6) is 0 Å². The van der Waals surface area contributed by atoms with E-state index in [0.717, 1.165) is 20.6 Å². The van der Waals surface area contributed by atoms with E-state index in [1.54, 1.807) is 23.9 Å². The molecule has 2 aromatic rings. The quantitative estimate of drug-likeness (QED) is 0.617. The zero-order valence-corrected chi connectivity index (χ0v) is 12.4. The van der Waals surface area contributed by atoms with Crippen molar-refractivity contribution in [3.05, 3.63) is 57.3 Å². The van der Waals surface area contributed by atoms with Crippen LogP contribution in [0.1, 0.15) is 5.56 Å².